The topological polar surface area (TPSA) is 72.8 Å². The monoisotopic (exact) mass is 204 g/mol. The summed E-state index contributed by atoms with van der Waals surface area (Å²) in [7, 11) is -4.12. The van der Waals surface area contributed by atoms with Gasteiger partial charge >= 0.3 is 13.3 Å². The highest BCUT2D eigenvalue weighted by molar-refractivity contribution is 7.71. The van der Waals surface area contributed by atoms with Crippen molar-refractivity contribution in [2.24, 2.45) is 0 Å². The molecule has 0 aromatic rings. The molecule has 0 aliphatic carbocycles. The van der Waals surface area contributed by atoms with Crippen LogP contribution >= 0.6 is 7.60 Å². The Bertz CT molecular complexity index is 277. The lowest BCUT2D eigenvalue weighted by Crippen LogP contribution is -2.04. The van der Waals surface area contributed by atoms with Crippen LogP contribution in [-0.2, 0) is 13.6 Å². The van der Waals surface area contributed by atoms with Crippen molar-refractivity contribution in [2.75, 3.05) is 13.2 Å². The van der Waals surface area contributed by atoms with E-state index in [1.807, 2.05) is 5.92 Å². The molecule has 1 unspecified atom stereocenters. The van der Waals surface area contributed by atoms with E-state index in [0.29, 0.717) is 0 Å². The Morgan fingerprint density at radius 1 is 1.69 bits per heavy atom. The zero-order chi connectivity index (χ0) is 10.3. The van der Waals surface area contributed by atoms with Gasteiger partial charge in [-0.1, -0.05) is 12.0 Å². The molecule has 0 fully saturated rings. The summed E-state index contributed by atoms with van der Waals surface area (Å²) in [5.41, 5.74) is -1.66. The van der Waals surface area contributed by atoms with Gasteiger partial charge in [-0.05, 0) is 0 Å². The minimum absolute atomic E-state index is 0.172. The van der Waals surface area contributed by atoms with E-state index in [2.05, 4.69) is 15.6 Å². The van der Waals surface area contributed by atoms with Crippen molar-refractivity contribution in [3.05, 3.63) is 12.7 Å². The van der Waals surface area contributed by atoms with Gasteiger partial charge in [0.1, 0.15) is 6.61 Å². The number of carboxylic acid groups (broad SMARTS) is 1. The van der Waals surface area contributed by atoms with Crippen LogP contribution in [0.1, 0.15) is 0 Å². The molecule has 0 aliphatic rings. The molecule has 1 N–H and O–H groups in total. The number of terminal acetylenes is 1. The first kappa shape index (κ1) is 11.9. The third-order valence-corrected chi connectivity index (χ3v) is 2.34. The summed E-state index contributed by atoms with van der Waals surface area (Å²) in [4.78, 5) is 10.4. The van der Waals surface area contributed by atoms with Gasteiger partial charge in [0.15, 0.2) is 0 Å². The fourth-order valence-corrected chi connectivity index (χ4v) is 1.26. The Kier molecular flexibility index (Phi) is 5.09. The standard InChI is InChI=1S/C7H9O5P/c1-3-5-11-13(10,7(8)9)12-6-4-2/h1,4H,2,5-6H2,(H,8,9). The first-order valence-corrected chi connectivity index (χ1v) is 4.78. The second-order valence-electron chi connectivity index (χ2n) is 1.84. The Morgan fingerprint density at radius 2 is 2.31 bits per heavy atom. The molecule has 0 saturated carbocycles. The van der Waals surface area contributed by atoms with Gasteiger partial charge in [-0.2, -0.15) is 0 Å². The smallest absolute Gasteiger partial charge is 0.439 e. The molecule has 0 saturated heterocycles. The van der Waals surface area contributed by atoms with Crippen molar-refractivity contribution in [1.29, 1.82) is 0 Å². The third kappa shape index (κ3) is 3.90. The van der Waals surface area contributed by atoms with Gasteiger partial charge in [0.25, 0.3) is 0 Å². The number of rotatable bonds is 6. The van der Waals surface area contributed by atoms with E-state index in [1.54, 1.807) is 0 Å². The summed E-state index contributed by atoms with van der Waals surface area (Å²) in [6, 6.07) is 0. The Morgan fingerprint density at radius 3 is 2.69 bits per heavy atom. The van der Waals surface area contributed by atoms with Crippen LogP contribution in [0.2, 0.25) is 0 Å². The van der Waals surface area contributed by atoms with E-state index in [-0.39, 0.29) is 13.2 Å². The fraction of sp³-hybridized carbons (Fsp3) is 0.286. The van der Waals surface area contributed by atoms with Crippen molar-refractivity contribution < 1.29 is 23.5 Å². The minimum Gasteiger partial charge on any atom is -0.472 e. The minimum atomic E-state index is -4.12. The van der Waals surface area contributed by atoms with Crippen molar-refractivity contribution in [3.63, 3.8) is 0 Å². The zero-order valence-corrected chi connectivity index (χ0v) is 7.70. The predicted molar refractivity (Wildman–Crippen MR) is 46.6 cm³/mol. The molecule has 0 aliphatic heterocycles. The summed E-state index contributed by atoms with van der Waals surface area (Å²) >= 11 is 0. The lowest BCUT2D eigenvalue weighted by atomic mass is 10.7. The molecule has 0 bridgehead atoms. The van der Waals surface area contributed by atoms with Crippen LogP contribution < -0.4 is 0 Å². The van der Waals surface area contributed by atoms with Crippen LogP contribution in [0.4, 0.5) is 4.79 Å². The van der Waals surface area contributed by atoms with Crippen molar-refractivity contribution >= 4 is 13.3 Å². The molecule has 13 heavy (non-hydrogen) atoms. The average Bonchev–Trinajstić information content (AvgIpc) is 2.11. The van der Waals surface area contributed by atoms with Crippen LogP contribution in [0.3, 0.4) is 0 Å². The molecular formula is C7H9O5P. The number of hydrogen-bond donors (Lipinski definition) is 1. The molecule has 0 aromatic heterocycles. The van der Waals surface area contributed by atoms with Crippen molar-refractivity contribution in [2.45, 2.75) is 0 Å². The van der Waals surface area contributed by atoms with E-state index in [4.69, 9.17) is 11.5 Å². The molecule has 0 amide bonds. The van der Waals surface area contributed by atoms with Crippen molar-refractivity contribution in [1.82, 2.24) is 0 Å². The van der Waals surface area contributed by atoms with E-state index in [1.165, 1.54) is 6.08 Å². The van der Waals surface area contributed by atoms with Gasteiger partial charge in [0.2, 0.25) is 0 Å². The van der Waals surface area contributed by atoms with Crippen LogP contribution in [0.15, 0.2) is 12.7 Å². The highest BCUT2D eigenvalue weighted by Gasteiger charge is 2.34. The van der Waals surface area contributed by atoms with Gasteiger partial charge in [-0.3, -0.25) is 9.05 Å². The Balaban J connectivity index is 4.36. The molecule has 0 spiro atoms. The van der Waals surface area contributed by atoms with Crippen LogP contribution in [0, 0.1) is 12.3 Å². The molecule has 0 heterocycles. The normalized spacial score (nSPS) is 14.1. The molecule has 0 radical (unpaired) electrons. The summed E-state index contributed by atoms with van der Waals surface area (Å²) in [6.07, 6.45) is 6.06. The van der Waals surface area contributed by atoms with Crippen LogP contribution in [-0.4, -0.2) is 24.0 Å². The van der Waals surface area contributed by atoms with Gasteiger partial charge < -0.3 is 5.11 Å². The molecule has 6 heteroatoms. The number of carbonyl (C=O) groups is 1. The average molecular weight is 204 g/mol. The van der Waals surface area contributed by atoms with Gasteiger partial charge in [-0.25, -0.2) is 9.36 Å². The molecule has 5 nitrogen and oxygen atoms in total. The summed E-state index contributed by atoms with van der Waals surface area (Å²) in [5, 5.41) is 8.47. The molecule has 72 valence electrons. The SMILES string of the molecule is C#CCOP(=O)(OCC=C)C(=O)O. The third-order valence-electron chi connectivity index (χ3n) is 0.914. The molecular weight excluding hydrogens is 195 g/mol. The van der Waals surface area contributed by atoms with Crippen molar-refractivity contribution in [3.8, 4) is 12.3 Å². The van der Waals surface area contributed by atoms with E-state index in [9.17, 15) is 9.36 Å². The second-order valence-corrected chi connectivity index (χ2v) is 3.74. The maximum Gasteiger partial charge on any atom is 0.439 e. The maximum atomic E-state index is 11.2. The van der Waals surface area contributed by atoms with E-state index >= 15 is 0 Å². The zero-order valence-electron chi connectivity index (χ0n) is 6.80. The lowest BCUT2D eigenvalue weighted by Gasteiger charge is -2.10. The highest BCUT2D eigenvalue weighted by atomic mass is 31.2. The largest absolute Gasteiger partial charge is 0.472 e. The fourth-order valence-electron chi connectivity index (χ4n) is 0.421. The first-order valence-electron chi connectivity index (χ1n) is 3.24. The second kappa shape index (κ2) is 5.55. The molecule has 0 rings (SSSR count). The predicted octanol–water partition coefficient (Wildman–Crippen LogP) is 1.71. The quantitative estimate of drug-likeness (QED) is 0.405. The summed E-state index contributed by atoms with van der Waals surface area (Å²) in [6.45, 7) is 2.72. The maximum absolute atomic E-state index is 11.2. The summed E-state index contributed by atoms with van der Waals surface area (Å²) in [5.74, 6) is 1.99. The number of hydrogen-bond acceptors (Lipinski definition) is 4. The Labute approximate surface area is 75.9 Å². The van der Waals surface area contributed by atoms with Gasteiger partial charge in [-0.15, -0.1) is 13.0 Å². The highest BCUT2D eigenvalue weighted by Crippen LogP contribution is 2.48. The summed E-state index contributed by atoms with van der Waals surface area (Å²) < 4.78 is 20.1. The molecule has 1 atom stereocenters. The van der Waals surface area contributed by atoms with E-state index < -0.39 is 13.3 Å². The Hall–Kier alpha value is -1.08. The van der Waals surface area contributed by atoms with E-state index in [0.717, 1.165) is 0 Å². The van der Waals surface area contributed by atoms with Gasteiger partial charge in [0, 0.05) is 0 Å². The van der Waals surface area contributed by atoms with Gasteiger partial charge in [0.05, 0.1) is 6.61 Å². The van der Waals surface area contributed by atoms with Crippen LogP contribution in [0.5, 0.6) is 0 Å². The first-order chi connectivity index (χ1) is 6.06. The van der Waals surface area contributed by atoms with Crippen LogP contribution in [0.25, 0.3) is 0 Å². The lowest BCUT2D eigenvalue weighted by molar-refractivity contribution is 0.189. The molecule has 0 aromatic carbocycles.